The van der Waals surface area contributed by atoms with Crippen molar-refractivity contribution >= 4 is 11.0 Å². The van der Waals surface area contributed by atoms with E-state index >= 15 is 0 Å². The Kier molecular flexibility index (Phi) is 3.28. The number of phenols is 1. The molecule has 3 rings (SSSR count). The molecule has 0 spiro atoms. The molecule has 1 heterocycles. The van der Waals surface area contributed by atoms with Gasteiger partial charge in [0.15, 0.2) is 5.43 Å². The lowest BCUT2D eigenvalue weighted by Crippen LogP contribution is -2.11. The summed E-state index contributed by atoms with van der Waals surface area (Å²) < 4.78 is 5.50. The van der Waals surface area contributed by atoms with Crippen molar-refractivity contribution in [3.8, 4) is 16.9 Å². The van der Waals surface area contributed by atoms with Gasteiger partial charge in [0, 0.05) is 6.07 Å². The normalized spacial score (nSPS) is 11.8. The van der Waals surface area contributed by atoms with Crippen LogP contribution in [0.15, 0.2) is 57.9 Å². The summed E-state index contributed by atoms with van der Waals surface area (Å²) in [5.74, 6) is 0.0814. The smallest absolute Gasteiger partial charge is 0.200 e. The average molecular weight is 294 g/mol. The highest BCUT2D eigenvalue weighted by atomic mass is 16.3. The first-order chi connectivity index (χ1) is 10.4. The zero-order valence-corrected chi connectivity index (χ0v) is 12.9. The highest BCUT2D eigenvalue weighted by molar-refractivity contribution is 5.82. The Morgan fingerprint density at radius 1 is 1.00 bits per heavy atom. The van der Waals surface area contributed by atoms with Gasteiger partial charge in [-0.3, -0.25) is 4.79 Å². The van der Waals surface area contributed by atoms with Crippen molar-refractivity contribution in [2.45, 2.75) is 26.2 Å². The quantitative estimate of drug-likeness (QED) is 0.720. The molecular formula is C19H18O3. The minimum atomic E-state index is -0.0928. The van der Waals surface area contributed by atoms with Crippen molar-refractivity contribution in [1.82, 2.24) is 0 Å². The van der Waals surface area contributed by atoms with Gasteiger partial charge < -0.3 is 9.52 Å². The molecule has 0 amide bonds. The number of benzene rings is 2. The second-order valence-corrected chi connectivity index (χ2v) is 6.49. The first-order valence-corrected chi connectivity index (χ1v) is 7.22. The number of aromatic hydroxyl groups is 1. The summed E-state index contributed by atoms with van der Waals surface area (Å²) in [4.78, 5) is 12.6. The van der Waals surface area contributed by atoms with Crippen LogP contribution in [0.5, 0.6) is 5.75 Å². The van der Waals surface area contributed by atoms with Crippen LogP contribution in [0.3, 0.4) is 0 Å². The van der Waals surface area contributed by atoms with Gasteiger partial charge in [-0.1, -0.05) is 45.0 Å². The van der Waals surface area contributed by atoms with Crippen molar-refractivity contribution in [1.29, 1.82) is 0 Å². The summed E-state index contributed by atoms with van der Waals surface area (Å²) in [5, 5.41) is 9.92. The molecule has 3 aromatic rings. The maximum atomic E-state index is 12.6. The standard InChI is InChI=1S/C19H18O3/c1-19(2,3)13-6-4-12(5-7-13)16-11-22-17-10-14(20)8-9-15(17)18(16)21/h4-11,20H,1-3H3. The first-order valence-electron chi connectivity index (χ1n) is 7.22. The fourth-order valence-corrected chi connectivity index (χ4v) is 2.47. The van der Waals surface area contributed by atoms with E-state index in [2.05, 4.69) is 20.8 Å². The molecule has 112 valence electrons. The monoisotopic (exact) mass is 294 g/mol. The van der Waals surface area contributed by atoms with Crippen LogP contribution in [-0.4, -0.2) is 5.11 Å². The van der Waals surface area contributed by atoms with Gasteiger partial charge in [-0.15, -0.1) is 0 Å². The van der Waals surface area contributed by atoms with E-state index in [0.29, 0.717) is 16.5 Å². The summed E-state index contributed by atoms with van der Waals surface area (Å²) in [5.41, 5.74) is 2.94. The van der Waals surface area contributed by atoms with Crippen molar-refractivity contribution in [2.24, 2.45) is 0 Å². The van der Waals surface area contributed by atoms with Gasteiger partial charge in [-0.2, -0.15) is 0 Å². The summed E-state index contributed by atoms with van der Waals surface area (Å²) in [7, 11) is 0. The molecule has 0 atom stereocenters. The molecule has 1 N–H and O–H groups in total. The van der Waals surface area contributed by atoms with E-state index in [9.17, 15) is 9.90 Å². The maximum absolute atomic E-state index is 12.6. The second kappa shape index (κ2) is 5.02. The van der Waals surface area contributed by atoms with Crippen LogP contribution in [0, 0.1) is 0 Å². The van der Waals surface area contributed by atoms with E-state index in [4.69, 9.17) is 4.42 Å². The summed E-state index contributed by atoms with van der Waals surface area (Å²) >= 11 is 0. The maximum Gasteiger partial charge on any atom is 0.200 e. The fourth-order valence-electron chi connectivity index (χ4n) is 2.47. The molecule has 3 heteroatoms. The van der Waals surface area contributed by atoms with E-state index in [1.54, 1.807) is 6.07 Å². The van der Waals surface area contributed by atoms with E-state index < -0.39 is 0 Å². The Balaban J connectivity index is 2.13. The Hall–Kier alpha value is -2.55. The van der Waals surface area contributed by atoms with Gasteiger partial charge >= 0.3 is 0 Å². The molecular weight excluding hydrogens is 276 g/mol. The van der Waals surface area contributed by atoms with Crippen LogP contribution in [0.1, 0.15) is 26.3 Å². The average Bonchev–Trinajstić information content (AvgIpc) is 2.47. The van der Waals surface area contributed by atoms with Gasteiger partial charge in [0.05, 0.1) is 10.9 Å². The minimum absolute atomic E-state index is 0.0735. The fraction of sp³-hybridized carbons (Fsp3) is 0.211. The molecule has 0 aliphatic rings. The van der Waals surface area contributed by atoms with Gasteiger partial charge in [0.2, 0.25) is 0 Å². The molecule has 0 unspecified atom stereocenters. The SMILES string of the molecule is CC(C)(C)c1ccc(-c2coc3cc(O)ccc3c2=O)cc1. The molecule has 22 heavy (non-hydrogen) atoms. The molecule has 2 aromatic carbocycles. The minimum Gasteiger partial charge on any atom is -0.508 e. The zero-order valence-electron chi connectivity index (χ0n) is 12.9. The van der Waals surface area contributed by atoms with Crippen LogP contribution in [0.25, 0.3) is 22.1 Å². The van der Waals surface area contributed by atoms with Crippen molar-refractivity contribution in [3.05, 3.63) is 64.5 Å². The Morgan fingerprint density at radius 3 is 2.32 bits per heavy atom. The predicted molar refractivity (Wildman–Crippen MR) is 88.3 cm³/mol. The van der Waals surface area contributed by atoms with E-state index in [1.807, 2.05) is 24.3 Å². The van der Waals surface area contributed by atoms with Gasteiger partial charge in [0.25, 0.3) is 0 Å². The number of phenolic OH excluding ortho intramolecular Hbond substituents is 1. The predicted octanol–water partition coefficient (Wildman–Crippen LogP) is 4.46. The third-order valence-electron chi connectivity index (χ3n) is 3.82. The van der Waals surface area contributed by atoms with Crippen molar-refractivity contribution < 1.29 is 9.52 Å². The molecule has 0 radical (unpaired) electrons. The summed E-state index contributed by atoms with van der Waals surface area (Å²) in [6, 6.07) is 12.5. The molecule has 0 aliphatic heterocycles. The van der Waals surface area contributed by atoms with Crippen molar-refractivity contribution in [2.75, 3.05) is 0 Å². The number of hydrogen-bond donors (Lipinski definition) is 1. The van der Waals surface area contributed by atoms with Gasteiger partial charge in [0.1, 0.15) is 17.6 Å². The van der Waals surface area contributed by atoms with Crippen LogP contribution in [-0.2, 0) is 5.41 Å². The first kappa shape index (κ1) is 14.4. The zero-order chi connectivity index (χ0) is 15.9. The van der Waals surface area contributed by atoms with Crippen LogP contribution in [0.4, 0.5) is 0 Å². The van der Waals surface area contributed by atoms with E-state index in [0.717, 1.165) is 5.56 Å². The van der Waals surface area contributed by atoms with Crippen LogP contribution in [0.2, 0.25) is 0 Å². The summed E-state index contributed by atoms with van der Waals surface area (Å²) in [6.45, 7) is 6.45. The number of rotatable bonds is 1. The molecule has 0 fully saturated rings. The van der Waals surface area contributed by atoms with Crippen LogP contribution < -0.4 is 5.43 Å². The Labute approximate surface area is 128 Å². The molecule has 0 bridgehead atoms. The molecule has 0 aliphatic carbocycles. The highest BCUT2D eigenvalue weighted by Crippen LogP contribution is 2.26. The van der Waals surface area contributed by atoms with Gasteiger partial charge in [-0.05, 0) is 28.7 Å². The van der Waals surface area contributed by atoms with Crippen LogP contribution >= 0.6 is 0 Å². The lowest BCUT2D eigenvalue weighted by atomic mass is 9.86. The number of fused-ring (bicyclic) bond motifs is 1. The van der Waals surface area contributed by atoms with E-state index in [1.165, 1.54) is 24.0 Å². The molecule has 3 nitrogen and oxygen atoms in total. The largest absolute Gasteiger partial charge is 0.508 e. The lowest BCUT2D eigenvalue weighted by molar-refractivity contribution is 0.474. The lowest BCUT2D eigenvalue weighted by Gasteiger charge is -2.19. The molecule has 1 aromatic heterocycles. The van der Waals surface area contributed by atoms with Crippen molar-refractivity contribution in [3.63, 3.8) is 0 Å². The highest BCUT2D eigenvalue weighted by Gasteiger charge is 2.14. The topological polar surface area (TPSA) is 50.4 Å². The van der Waals surface area contributed by atoms with E-state index in [-0.39, 0.29) is 16.6 Å². The Morgan fingerprint density at radius 2 is 1.68 bits per heavy atom. The molecule has 0 saturated heterocycles. The third kappa shape index (κ3) is 2.50. The van der Waals surface area contributed by atoms with Gasteiger partial charge in [-0.25, -0.2) is 0 Å². The summed E-state index contributed by atoms with van der Waals surface area (Å²) in [6.07, 6.45) is 1.45. The third-order valence-corrected chi connectivity index (χ3v) is 3.82. The number of hydrogen-bond acceptors (Lipinski definition) is 3. The second-order valence-electron chi connectivity index (χ2n) is 6.49. The Bertz CT molecular complexity index is 881. The molecule has 0 saturated carbocycles.